The molecular formula is C15H23NO5. The Bertz CT molecular complexity index is 487. The maximum absolute atomic E-state index is 12.3. The molecule has 118 valence electrons. The van der Waals surface area contributed by atoms with Crippen LogP contribution in [-0.2, 0) is 0 Å². The van der Waals surface area contributed by atoms with Crippen molar-refractivity contribution < 1.29 is 24.1 Å². The fourth-order valence-corrected chi connectivity index (χ4v) is 2.08. The summed E-state index contributed by atoms with van der Waals surface area (Å²) in [4.78, 5) is 12.3. The van der Waals surface area contributed by atoms with Crippen LogP contribution in [0.4, 0.5) is 0 Å². The second kappa shape index (κ2) is 7.73. The molecule has 0 aromatic heterocycles. The van der Waals surface area contributed by atoms with E-state index in [-0.39, 0.29) is 11.9 Å². The highest BCUT2D eigenvalue weighted by Crippen LogP contribution is 2.34. The molecule has 0 aliphatic rings. The summed E-state index contributed by atoms with van der Waals surface area (Å²) in [5, 5.41) is 12.2. The van der Waals surface area contributed by atoms with Crippen molar-refractivity contribution in [2.24, 2.45) is 0 Å². The molecule has 1 rings (SSSR count). The van der Waals surface area contributed by atoms with Crippen LogP contribution in [0.2, 0.25) is 0 Å². The van der Waals surface area contributed by atoms with Gasteiger partial charge in [-0.05, 0) is 20.3 Å². The van der Waals surface area contributed by atoms with Crippen molar-refractivity contribution in [3.63, 3.8) is 0 Å². The molecule has 1 aromatic carbocycles. The zero-order chi connectivity index (χ0) is 16.0. The van der Waals surface area contributed by atoms with Crippen molar-refractivity contribution in [2.75, 3.05) is 21.3 Å². The van der Waals surface area contributed by atoms with Crippen LogP contribution in [0.15, 0.2) is 12.1 Å². The van der Waals surface area contributed by atoms with Crippen molar-refractivity contribution in [3.8, 4) is 17.2 Å². The molecule has 0 aliphatic carbocycles. The lowest BCUT2D eigenvalue weighted by Gasteiger charge is -2.18. The molecule has 0 saturated carbocycles. The lowest BCUT2D eigenvalue weighted by molar-refractivity contribution is 0.0919. The third kappa shape index (κ3) is 4.53. The maximum Gasteiger partial charge on any atom is 0.255 e. The van der Waals surface area contributed by atoms with E-state index in [1.54, 1.807) is 19.1 Å². The summed E-state index contributed by atoms with van der Waals surface area (Å²) < 4.78 is 15.6. The van der Waals surface area contributed by atoms with Gasteiger partial charge in [0.05, 0.1) is 33.0 Å². The van der Waals surface area contributed by atoms with Crippen molar-refractivity contribution in [1.82, 2.24) is 5.32 Å². The average molecular weight is 297 g/mol. The van der Waals surface area contributed by atoms with Gasteiger partial charge < -0.3 is 24.6 Å². The number of aliphatic hydroxyl groups excluding tert-OH is 1. The quantitative estimate of drug-likeness (QED) is 0.799. The maximum atomic E-state index is 12.3. The Morgan fingerprint density at radius 1 is 1.10 bits per heavy atom. The number of hydrogen-bond acceptors (Lipinski definition) is 5. The first-order chi connectivity index (χ1) is 9.92. The van der Waals surface area contributed by atoms with Gasteiger partial charge in [-0.2, -0.15) is 0 Å². The number of rotatable bonds is 7. The first-order valence-corrected chi connectivity index (χ1v) is 6.71. The fraction of sp³-hybridized carbons (Fsp3) is 0.533. The molecule has 0 spiro atoms. The number of aliphatic hydroxyl groups is 1. The molecule has 2 N–H and O–H groups in total. The molecule has 21 heavy (non-hydrogen) atoms. The summed E-state index contributed by atoms with van der Waals surface area (Å²) in [6.07, 6.45) is -0.00552. The molecule has 0 radical (unpaired) electrons. The minimum absolute atomic E-state index is 0.157. The fourth-order valence-electron chi connectivity index (χ4n) is 2.08. The summed E-state index contributed by atoms with van der Waals surface area (Å²) in [7, 11) is 4.50. The van der Waals surface area contributed by atoms with Gasteiger partial charge in [0.25, 0.3) is 5.91 Å². The second-order valence-corrected chi connectivity index (χ2v) is 4.87. The highest BCUT2D eigenvalue weighted by molar-refractivity contribution is 5.98. The van der Waals surface area contributed by atoms with E-state index < -0.39 is 6.10 Å². The van der Waals surface area contributed by atoms with E-state index in [1.807, 2.05) is 6.92 Å². The summed E-state index contributed by atoms with van der Waals surface area (Å²) in [6, 6.07) is 3.02. The van der Waals surface area contributed by atoms with Crippen molar-refractivity contribution in [3.05, 3.63) is 17.7 Å². The zero-order valence-corrected chi connectivity index (χ0v) is 13.1. The molecule has 0 unspecified atom stereocenters. The van der Waals surface area contributed by atoms with E-state index in [4.69, 9.17) is 14.2 Å². The number of benzene rings is 1. The smallest absolute Gasteiger partial charge is 0.255 e. The monoisotopic (exact) mass is 297 g/mol. The van der Waals surface area contributed by atoms with E-state index in [0.717, 1.165) is 0 Å². The van der Waals surface area contributed by atoms with Crippen molar-refractivity contribution >= 4 is 5.91 Å². The van der Waals surface area contributed by atoms with Crippen LogP contribution < -0.4 is 19.5 Å². The van der Waals surface area contributed by atoms with Gasteiger partial charge in [0, 0.05) is 18.2 Å². The number of ether oxygens (including phenoxy) is 3. The lowest BCUT2D eigenvalue weighted by Crippen LogP contribution is -2.34. The molecule has 2 atom stereocenters. The average Bonchev–Trinajstić information content (AvgIpc) is 2.44. The van der Waals surface area contributed by atoms with Crippen LogP contribution in [0, 0.1) is 0 Å². The molecule has 1 aromatic rings. The topological polar surface area (TPSA) is 77.0 Å². The van der Waals surface area contributed by atoms with Gasteiger partial charge in [-0.1, -0.05) is 0 Å². The molecule has 6 heteroatoms. The Morgan fingerprint density at radius 3 is 2.10 bits per heavy atom. The first-order valence-electron chi connectivity index (χ1n) is 6.71. The third-order valence-electron chi connectivity index (χ3n) is 3.02. The summed E-state index contributed by atoms with van der Waals surface area (Å²) >= 11 is 0. The normalized spacial score (nSPS) is 13.2. The number of amides is 1. The van der Waals surface area contributed by atoms with Crippen LogP contribution in [0.1, 0.15) is 30.6 Å². The Hall–Kier alpha value is -1.95. The molecule has 6 nitrogen and oxygen atoms in total. The Morgan fingerprint density at radius 2 is 1.62 bits per heavy atom. The summed E-state index contributed by atoms with van der Waals surface area (Å²) in [6.45, 7) is 3.51. The van der Waals surface area contributed by atoms with E-state index in [9.17, 15) is 9.90 Å². The van der Waals surface area contributed by atoms with Gasteiger partial charge in [0.15, 0.2) is 11.5 Å². The molecule has 0 saturated heterocycles. The van der Waals surface area contributed by atoms with E-state index >= 15 is 0 Å². The summed E-state index contributed by atoms with van der Waals surface area (Å²) in [5.41, 5.74) is 0.354. The van der Waals surface area contributed by atoms with Crippen molar-refractivity contribution in [1.29, 1.82) is 0 Å². The number of nitrogens with one attached hydrogen (secondary N) is 1. The van der Waals surface area contributed by atoms with Gasteiger partial charge in [0.2, 0.25) is 0 Å². The Kier molecular flexibility index (Phi) is 6.30. The number of hydrogen-bond donors (Lipinski definition) is 2. The van der Waals surface area contributed by atoms with Gasteiger partial charge >= 0.3 is 0 Å². The molecule has 1 amide bonds. The van der Waals surface area contributed by atoms with Crippen LogP contribution in [0.5, 0.6) is 17.2 Å². The number of methoxy groups -OCH3 is 3. The predicted octanol–water partition coefficient (Wildman–Crippen LogP) is 1.60. The minimum atomic E-state index is -0.479. The standard InChI is InChI=1S/C15H23NO5/c1-9(6-10(2)17)16-15(18)11-7-13(20-4)14(21-5)8-12(11)19-3/h7-10,17H,6H2,1-5H3,(H,16,18)/t9-,10-/m1/s1. The molecule has 0 bridgehead atoms. The number of carbonyl (C=O) groups is 1. The predicted molar refractivity (Wildman–Crippen MR) is 79.3 cm³/mol. The van der Waals surface area contributed by atoms with Crippen LogP contribution >= 0.6 is 0 Å². The van der Waals surface area contributed by atoms with Gasteiger partial charge in [0.1, 0.15) is 5.75 Å². The van der Waals surface area contributed by atoms with Crippen LogP contribution in [-0.4, -0.2) is 44.5 Å². The lowest BCUT2D eigenvalue weighted by atomic mass is 10.1. The van der Waals surface area contributed by atoms with Gasteiger partial charge in [-0.3, -0.25) is 4.79 Å². The van der Waals surface area contributed by atoms with Crippen LogP contribution in [0.25, 0.3) is 0 Å². The van der Waals surface area contributed by atoms with Gasteiger partial charge in [-0.25, -0.2) is 0 Å². The largest absolute Gasteiger partial charge is 0.496 e. The second-order valence-electron chi connectivity index (χ2n) is 4.87. The number of carbonyl (C=O) groups excluding carboxylic acids is 1. The van der Waals surface area contributed by atoms with Gasteiger partial charge in [-0.15, -0.1) is 0 Å². The highest BCUT2D eigenvalue weighted by Gasteiger charge is 2.19. The van der Waals surface area contributed by atoms with E-state index in [1.165, 1.54) is 21.3 Å². The molecule has 0 fully saturated rings. The zero-order valence-electron chi connectivity index (χ0n) is 13.1. The van der Waals surface area contributed by atoms with E-state index in [2.05, 4.69) is 5.32 Å². The van der Waals surface area contributed by atoms with Crippen LogP contribution in [0.3, 0.4) is 0 Å². The Balaban J connectivity index is 3.02. The highest BCUT2D eigenvalue weighted by atomic mass is 16.5. The van der Waals surface area contributed by atoms with Crippen molar-refractivity contribution in [2.45, 2.75) is 32.4 Å². The third-order valence-corrected chi connectivity index (χ3v) is 3.02. The molecular weight excluding hydrogens is 274 g/mol. The summed E-state index contributed by atoms with van der Waals surface area (Å²) in [5.74, 6) is 1.05. The first kappa shape index (κ1) is 17.1. The molecule has 0 aliphatic heterocycles. The Labute approximate surface area is 125 Å². The van der Waals surface area contributed by atoms with E-state index in [0.29, 0.717) is 29.2 Å². The molecule has 0 heterocycles. The minimum Gasteiger partial charge on any atom is -0.496 e. The SMILES string of the molecule is COc1cc(OC)c(C(=O)N[C@H](C)C[C@@H](C)O)cc1OC.